The second-order valence-electron chi connectivity index (χ2n) is 8.41. The fourth-order valence-corrected chi connectivity index (χ4v) is 6.47. The van der Waals surface area contributed by atoms with Crippen molar-refractivity contribution in [1.29, 1.82) is 0 Å². The molecule has 12 heteroatoms. The van der Waals surface area contributed by atoms with E-state index in [9.17, 15) is 26.4 Å². The predicted molar refractivity (Wildman–Crippen MR) is 137 cm³/mol. The highest BCUT2D eigenvalue weighted by molar-refractivity contribution is 7.92. The minimum Gasteiger partial charge on any atom is -0.406 e. The Labute approximate surface area is 225 Å². The first-order valence-electron chi connectivity index (χ1n) is 11.1. The van der Waals surface area contributed by atoms with E-state index in [1.54, 1.807) is 48.5 Å². The smallest absolute Gasteiger partial charge is 0.406 e. The van der Waals surface area contributed by atoms with E-state index in [1.807, 2.05) is 0 Å². The molecular weight excluding hydrogens is 564 g/mol. The number of halogens is 5. The zero-order chi connectivity index (χ0) is 27.2. The maximum absolute atomic E-state index is 14.1. The van der Waals surface area contributed by atoms with Gasteiger partial charge in [0.2, 0.25) is 0 Å². The Morgan fingerprint density at radius 3 is 1.89 bits per heavy atom. The molecule has 1 aliphatic heterocycles. The lowest BCUT2D eigenvalue weighted by atomic mass is 9.94. The van der Waals surface area contributed by atoms with E-state index in [4.69, 9.17) is 23.2 Å². The Balaban J connectivity index is 1.75. The van der Waals surface area contributed by atoms with Gasteiger partial charge in [-0.2, -0.15) is 0 Å². The summed E-state index contributed by atoms with van der Waals surface area (Å²) in [5.74, 6) is -0.653. The van der Waals surface area contributed by atoms with Gasteiger partial charge in [0.1, 0.15) is 11.6 Å². The van der Waals surface area contributed by atoms with Crippen molar-refractivity contribution in [1.82, 2.24) is 4.57 Å². The first kappa shape index (κ1) is 26.1. The monoisotopic (exact) mass is 580 g/mol. The second kappa shape index (κ2) is 9.68. The van der Waals surface area contributed by atoms with Crippen LogP contribution in [0.2, 0.25) is 10.0 Å². The van der Waals surface area contributed by atoms with Crippen LogP contribution in [0.25, 0.3) is 0 Å². The van der Waals surface area contributed by atoms with E-state index in [0.717, 1.165) is 22.5 Å². The Hall–Kier alpha value is -3.47. The Morgan fingerprint density at radius 2 is 1.32 bits per heavy atom. The molecule has 1 aromatic heterocycles. The number of pyridine rings is 1. The van der Waals surface area contributed by atoms with Gasteiger partial charge in [-0.15, -0.1) is 13.2 Å². The summed E-state index contributed by atoms with van der Waals surface area (Å²) in [4.78, 5) is 12.7. The van der Waals surface area contributed by atoms with Crippen LogP contribution in [0.4, 0.5) is 19.0 Å². The molecule has 38 heavy (non-hydrogen) atoms. The van der Waals surface area contributed by atoms with E-state index in [2.05, 4.69) is 4.74 Å². The van der Waals surface area contributed by atoms with Crippen LogP contribution in [0.5, 0.6) is 5.75 Å². The molecule has 3 aromatic carbocycles. The third-order valence-corrected chi connectivity index (χ3v) is 8.33. The van der Waals surface area contributed by atoms with E-state index in [0.29, 0.717) is 21.2 Å². The van der Waals surface area contributed by atoms with Crippen molar-refractivity contribution < 1.29 is 26.3 Å². The number of benzene rings is 3. The summed E-state index contributed by atoms with van der Waals surface area (Å²) in [6.45, 7) is 0. The number of alkyl halides is 3. The molecule has 0 radical (unpaired) electrons. The van der Waals surface area contributed by atoms with Gasteiger partial charge in [-0.3, -0.25) is 9.36 Å². The van der Waals surface area contributed by atoms with Crippen molar-refractivity contribution >= 4 is 39.0 Å². The van der Waals surface area contributed by atoms with Gasteiger partial charge >= 0.3 is 6.36 Å². The first-order valence-corrected chi connectivity index (χ1v) is 13.3. The average molecular weight is 581 g/mol. The maximum atomic E-state index is 14.1. The number of anilines is 1. The Bertz CT molecular complexity index is 1660. The fraction of sp³-hybridized carbons (Fsp3) is 0.115. The average Bonchev–Trinajstić information content (AvgIpc) is 3.21. The summed E-state index contributed by atoms with van der Waals surface area (Å²) in [5, 5.41) is 0.859. The minimum atomic E-state index is -5.01. The van der Waals surface area contributed by atoms with Crippen molar-refractivity contribution in [3.05, 3.63) is 123 Å². The molecule has 2 atom stereocenters. The predicted octanol–water partition coefficient (Wildman–Crippen LogP) is 6.59. The quantitative estimate of drug-likeness (QED) is 0.267. The normalized spacial score (nSPS) is 17.3. The van der Waals surface area contributed by atoms with Crippen molar-refractivity contribution in [3.8, 4) is 5.75 Å². The van der Waals surface area contributed by atoms with Gasteiger partial charge in [-0.1, -0.05) is 59.6 Å². The highest BCUT2D eigenvalue weighted by Crippen LogP contribution is 2.49. The molecule has 0 N–H and O–H groups in total. The van der Waals surface area contributed by atoms with Gasteiger partial charge in [0.15, 0.2) is 0 Å². The van der Waals surface area contributed by atoms with E-state index in [-0.39, 0.29) is 5.82 Å². The molecule has 4 aromatic rings. The molecule has 0 fully saturated rings. The third-order valence-electron chi connectivity index (χ3n) is 6.04. The van der Waals surface area contributed by atoms with Crippen molar-refractivity contribution in [2.24, 2.45) is 0 Å². The van der Waals surface area contributed by atoms with Gasteiger partial charge in [0.05, 0.1) is 17.0 Å². The number of aromatic nitrogens is 1. The molecule has 5 rings (SSSR count). The maximum Gasteiger partial charge on any atom is 0.573 e. The molecule has 0 amide bonds. The topological polar surface area (TPSA) is 68.6 Å². The van der Waals surface area contributed by atoms with Gasteiger partial charge in [-0.05, 0) is 53.6 Å². The van der Waals surface area contributed by atoms with Crippen LogP contribution in [-0.4, -0.2) is 19.3 Å². The molecule has 0 spiro atoms. The summed E-state index contributed by atoms with van der Waals surface area (Å²) in [7, 11) is -4.54. The fourth-order valence-electron chi connectivity index (χ4n) is 4.55. The Morgan fingerprint density at radius 1 is 0.763 bits per heavy atom. The third kappa shape index (κ3) is 4.87. The zero-order valence-corrected chi connectivity index (χ0v) is 21.5. The first-order chi connectivity index (χ1) is 18.0. The molecule has 0 bridgehead atoms. The SMILES string of the molecule is O=c1cccc2n1[C@@H](c1ccc(Cl)cc1)[C@@H](c1ccc(Cl)cc1)N2S(=O)(=O)c1cccc(OC(F)(F)F)c1. The number of sulfonamides is 1. The summed E-state index contributed by atoms with van der Waals surface area (Å²) in [6, 6.07) is 19.5. The molecule has 0 saturated carbocycles. The van der Waals surface area contributed by atoms with Gasteiger partial charge in [0, 0.05) is 22.2 Å². The number of hydrogen-bond donors (Lipinski definition) is 0. The van der Waals surface area contributed by atoms with E-state index in [1.165, 1.54) is 28.8 Å². The number of fused-ring (bicyclic) bond motifs is 1. The lowest BCUT2D eigenvalue weighted by Gasteiger charge is -2.29. The Kier molecular flexibility index (Phi) is 6.66. The molecule has 196 valence electrons. The van der Waals surface area contributed by atoms with Crippen LogP contribution < -0.4 is 14.6 Å². The molecule has 0 saturated heterocycles. The minimum absolute atomic E-state index is 0.0412. The summed E-state index contributed by atoms with van der Waals surface area (Å²) < 4.78 is 73.2. The van der Waals surface area contributed by atoms with Crippen LogP contribution in [-0.2, 0) is 10.0 Å². The number of hydrogen-bond acceptors (Lipinski definition) is 4. The highest BCUT2D eigenvalue weighted by Gasteiger charge is 2.47. The van der Waals surface area contributed by atoms with Crippen LogP contribution >= 0.6 is 23.2 Å². The lowest BCUT2D eigenvalue weighted by molar-refractivity contribution is -0.274. The highest BCUT2D eigenvalue weighted by atomic mass is 35.5. The van der Waals surface area contributed by atoms with E-state index < -0.39 is 44.7 Å². The van der Waals surface area contributed by atoms with Gasteiger partial charge in [-0.25, -0.2) is 12.7 Å². The lowest BCUT2D eigenvalue weighted by Crippen LogP contribution is -2.33. The van der Waals surface area contributed by atoms with Gasteiger partial charge in [0.25, 0.3) is 15.6 Å². The van der Waals surface area contributed by atoms with Crippen LogP contribution in [0.1, 0.15) is 23.2 Å². The van der Waals surface area contributed by atoms with E-state index >= 15 is 0 Å². The summed E-state index contributed by atoms with van der Waals surface area (Å²) in [5.41, 5.74) is 0.632. The van der Waals surface area contributed by atoms with Crippen LogP contribution in [0.15, 0.2) is 101 Å². The van der Waals surface area contributed by atoms with Crippen molar-refractivity contribution in [2.75, 3.05) is 4.31 Å². The van der Waals surface area contributed by atoms with Crippen molar-refractivity contribution in [3.63, 3.8) is 0 Å². The number of nitrogens with zero attached hydrogens (tertiary/aromatic N) is 2. The zero-order valence-electron chi connectivity index (χ0n) is 19.1. The number of rotatable bonds is 5. The standard InChI is InChI=1S/C26H17Cl2F3N2O4S/c27-18-11-7-16(8-12-18)24-25(17-9-13-19(28)14-10-17)33(22-5-2-6-23(34)32(22)24)38(35,36)21-4-1-3-20(15-21)37-26(29,30)31/h1-15,24-25H/t24-,25+/m0/s1. The largest absolute Gasteiger partial charge is 0.573 e. The molecule has 6 nitrogen and oxygen atoms in total. The van der Waals surface area contributed by atoms with Crippen LogP contribution in [0, 0.1) is 0 Å². The number of ether oxygens (including phenoxy) is 1. The van der Waals surface area contributed by atoms with Crippen molar-refractivity contribution in [2.45, 2.75) is 23.3 Å². The molecule has 0 unspecified atom stereocenters. The molecule has 0 aliphatic carbocycles. The molecule has 1 aliphatic rings. The van der Waals surface area contributed by atoms with Crippen LogP contribution in [0.3, 0.4) is 0 Å². The molecule has 2 heterocycles. The summed E-state index contributed by atoms with van der Waals surface area (Å²) in [6.07, 6.45) is -5.01. The van der Waals surface area contributed by atoms with Gasteiger partial charge < -0.3 is 4.74 Å². The second-order valence-corrected chi connectivity index (χ2v) is 11.1. The summed E-state index contributed by atoms with van der Waals surface area (Å²) >= 11 is 12.2. The molecular formula is C26H17Cl2F3N2O4S.